The molecule has 1 heterocycles. The number of aromatic nitrogens is 2. The van der Waals surface area contributed by atoms with Crippen molar-refractivity contribution >= 4 is 46.9 Å². The highest BCUT2D eigenvalue weighted by Crippen LogP contribution is 2.22. The smallest absolute Gasteiger partial charge is 0.267 e. The number of hydrogen-bond donors (Lipinski definition) is 1. The van der Waals surface area contributed by atoms with Crippen LogP contribution in [0.1, 0.15) is 21.6 Å². The van der Waals surface area contributed by atoms with Crippen LogP contribution in [0.2, 0.25) is 15.2 Å². The van der Waals surface area contributed by atoms with Crippen molar-refractivity contribution in [2.75, 3.05) is 0 Å². The maximum absolute atomic E-state index is 12.2. The molecule has 1 N–H and O–H groups in total. The van der Waals surface area contributed by atoms with Gasteiger partial charge in [0.1, 0.15) is 5.15 Å². The zero-order valence-electron chi connectivity index (χ0n) is 13.6. The van der Waals surface area contributed by atoms with Gasteiger partial charge in [0.15, 0.2) is 0 Å². The van der Waals surface area contributed by atoms with E-state index in [4.69, 9.17) is 34.8 Å². The van der Waals surface area contributed by atoms with Crippen LogP contribution < -0.4 is 5.43 Å². The molecule has 26 heavy (non-hydrogen) atoms. The quantitative estimate of drug-likeness (QED) is 0.494. The van der Waals surface area contributed by atoms with Gasteiger partial charge in [-0.05, 0) is 37.3 Å². The normalized spacial score (nSPS) is 11.1. The Morgan fingerprint density at radius 3 is 2.58 bits per heavy atom. The molecular formula is C18H13Cl3N4O. The lowest BCUT2D eigenvalue weighted by atomic mass is 10.2. The van der Waals surface area contributed by atoms with E-state index in [9.17, 15) is 4.79 Å². The van der Waals surface area contributed by atoms with Gasteiger partial charge in [0, 0.05) is 5.02 Å². The van der Waals surface area contributed by atoms with Crippen molar-refractivity contribution in [2.24, 2.45) is 5.10 Å². The molecule has 1 amide bonds. The first kappa shape index (κ1) is 18.5. The van der Waals surface area contributed by atoms with Gasteiger partial charge in [0.25, 0.3) is 5.91 Å². The van der Waals surface area contributed by atoms with Crippen molar-refractivity contribution in [3.63, 3.8) is 0 Å². The molecule has 0 atom stereocenters. The Labute approximate surface area is 165 Å². The summed E-state index contributed by atoms with van der Waals surface area (Å²) in [5.41, 5.74) is 4.81. The molecule has 3 rings (SSSR count). The second-order valence-electron chi connectivity index (χ2n) is 5.36. The first-order valence-electron chi connectivity index (χ1n) is 7.56. The second kappa shape index (κ2) is 7.91. The Morgan fingerprint density at radius 1 is 1.15 bits per heavy atom. The van der Waals surface area contributed by atoms with Crippen LogP contribution in [-0.2, 0) is 0 Å². The average Bonchev–Trinajstić information content (AvgIpc) is 2.90. The fourth-order valence-electron chi connectivity index (χ4n) is 2.29. The monoisotopic (exact) mass is 406 g/mol. The largest absolute Gasteiger partial charge is 0.272 e. The highest BCUT2D eigenvalue weighted by Gasteiger charge is 2.14. The van der Waals surface area contributed by atoms with Crippen LogP contribution in [0.4, 0.5) is 0 Å². The van der Waals surface area contributed by atoms with Crippen molar-refractivity contribution < 1.29 is 4.79 Å². The van der Waals surface area contributed by atoms with Gasteiger partial charge >= 0.3 is 0 Å². The van der Waals surface area contributed by atoms with E-state index in [1.165, 1.54) is 18.3 Å². The van der Waals surface area contributed by atoms with E-state index < -0.39 is 5.91 Å². The van der Waals surface area contributed by atoms with Crippen LogP contribution >= 0.6 is 34.8 Å². The van der Waals surface area contributed by atoms with Gasteiger partial charge < -0.3 is 0 Å². The van der Waals surface area contributed by atoms with E-state index in [0.29, 0.717) is 21.4 Å². The molecule has 1 aromatic heterocycles. The maximum atomic E-state index is 12.2. The Kier molecular flexibility index (Phi) is 5.61. The molecule has 0 saturated heterocycles. The Hall–Kier alpha value is -2.34. The number of hydrazone groups is 1. The number of carbonyl (C=O) groups is 1. The van der Waals surface area contributed by atoms with Crippen LogP contribution in [0.25, 0.3) is 5.69 Å². The van der Waals surface area contributed by atoms with E-state index >= 15 is 0 Å². The summed E-state index contributed by atoms with van der Waals surface area (Å²) in [5, 5.41) is 9.46. The zero-order valence-corrected chi connectivity index (χ0v) is 15.8. The predicted molar refractivity (Wildman–Crippen MR) is 105 cm³/mol. The van der Waals surface area contributed by atoms with Crippen molar-refractivity contribution in [3.8, 4) is 5.69 Å². The molecule has 0 aliphatic carbocycles. The summed E-state index contributed by atoms with van der Waals surface area (Å²) in [6.45, 7) is 1.81. The molecule has 5 nitrogen and oxygen atoms in total. The molecule has 2 aromatic carbocycles. The van der Waals surface area contributed by atoms with Crippen LogP contribution in [-0.4, -0.2) is 21.9 Å². The van der Waals surface area contributed by atoms with Crippen LogP contribution in [0, 0.1) is 6.92 Å². The molecule has 8 heteroatoms. The molecule has 0 saturated carbocycles. The third kappa shape index (κ3) is 3.90. The van der Waals surface area contributed by atoms with Crippen molar-refractivity contribution in [3.05, 3.63) is 80.6 Å². The summed E-state index contributed by atoms with van der Waals surface area (Å²) >= 11 is 18.2. The van der Waals surface area contributed by atoms with Gasteiger partial charge in [-0.15, -0.1) is 0 Å². The fraction of sp³-hybridized carbons (Fsp3) is 0.0556. The molecule has 3 aromatic rings. The summed E-state index contributed by atoms with van der Waals surface area (Å²) in [6, 6.07) is 14.1. The first-order chi connectivity index (χ1) is 12.5. The zero-order chi connectivity index (χ0) is 18.7. The average molecular weight is 408 g/mol. The third-order valence-corrected chi connectivity index (χ3v) is 4.50. The molecule has 0 spiro atoms. The molecule has 0 aliphatic heterocycles. The lowest BCUT2D eigenvalue weighted by Crippen LogP contribution is -2.18. The van der Waals surface area contributed by atoms with Gasteiger partial charge in [0.2, 0.25) is 0 Å². The minimum Gasteiger partial charge on any atom is -0.267 e. The number of carbonyl (C=O) groups excluding carboxylic acids is 1. The fourth-order valence-corrected chi connectivity index (χ4v) is 3.10. The van der Waals surface area contributed by atoms with Crippen LogP contribution in [0.5, 0.6) is 0 Å². The van der Waals surface area contributed by atoms with E-state index in [1.807, 2.05) is 37.3 Å². The van der Waals surface area contributed by atoms with Gasteiger partial charge in [-0.3, -0.25) is 4.79 Å². The summed E-state index contributed by atoms with van der Waals surface area (Å²) in [5.74, 6) is -0.452. The number of rotatable bonds is 4. The number of nitrogens with zero attached hydrogens (tertiary/aromatic N) is 3. The number of amides is 1. The molecule has 0 unspecified atom stereocenters. The molecule has 132 valence electrons. The number of hydrogen-bond acceptors (Lipinski definition) is 3. The number of para-hydroxylation sites is 1. The summed E-state index contributed by atoms with van der Waals surface area (Å²) in [6.07, 6.45) is 1.45. The van der Waals surface area contributed by atoms with Gasteiger partial charge in [0.05, 0.1) is 33.7 Å². The van der Waals surface area contributed by atoms with Crippen molar-refractivity contribution in [1.82, 2.24) is 15.2 Å². The van der Waals surface area contributed by atoms with E-state index in [0.717, 1.165) is 5.69 Å². The minimum absolute atomic E-state index is 0.247. The van der Waals surface area contributed by atoms with Crippen molar-refractivity contribution in [2.45, 2.75) is 6.92 Å². The highest BCUT2D eigenvalue weighted by molar-refractivity contribution is 6.36. The van der Waals surface area contributed by atoms with E-state index in [1.54, 1.807) is 10.7 Å². The van der Waals surface area contributed by atoms with Crippen molar-refractivity contribution in [1.29, 1.82) is 0 Å². The highest BCUT2D eigenvalue weighted by atomic mass is 35.5. The Bertz CT molecular complexity index is 984. The van der Waals surface area contributed by atoms with Gasteiger partial charge in [-0.1, -0.05) is 53.0 Å². The number of aryl methyl sites for hydroxylation is 1. The number of halogens is 3. The Balaban J connectivity index is 1.79. The summed E-state index contributed by atoms with van der Waals surface area (Å²) in [4.78, 5) is 12.2. The molecule has 0 radical (unpaired) electrons. The standard InChI is InChI=1S/C18H13Cl3N4O/c1-11-15(17(21)25(24-11)13-5-3-2-4-6-13)10-22-23-18(26)14-8-7-12(19)9-16(14)20/h2-10H,1H3,(H,23,26)/b22-10-. The van der Waals surface area contributed by atoms with Gasteiger partial charge in [-0.25, -0.2) is 10.1 Å². The number of benzene rings is 2. The molecule has 0 fully saturated rings. The minimum atomic E-state index is -0.452. The second-order valence-corrected chi connectivity index (χ2v) is 6.56. The molecular weight excluding hydrogens is 395 g/mol. The van der Waals surface area contributed by atoms with Crippen LogP contribution in [0.15, 0.2) is 53.6 Å². The first-order valence-corrected chi connectivity index (χ1v) is 8.69. The summed E-state index contributed by atoms with van der Waals surface area (Å²) in [7, 11) is 0. The van der Waals surface area contributed by atoms with Gasteiger partial charge in [-0.2, -0.15) is 10.2 Å². The molecule has 0 bridgehead atoms. The van der Waals surface area contributed by atoms with Crippen LogP contribution in [0.3, 0.4) is 0 Å². The lowest BCUT2D eigenvalue weighted by Gasteiger charge is -2.03. The van der Waals surface area contributed by atoms with E-state index in [2.05, 4.69) is 15.6 Å². The predicted octanol–water partition coefficient (Wildman–Crippen LogP) is 4.90. The third-order valence-electron chi connectivity index (χ3n) is 3.58. The maximum Gasteiger partial charge on any atom is 0.272 e. The van der Waals surface area contributed by atoms with E-state index in [-0.39, 0.29) is 10.6 Å². The SMILES string of the molecule is Cc1nn(-c2ccccc2)c(Cl)c1/C=N\NC(=O)c1ccc(Cl)cc1Cl. The number of nitrogens with one attached hydrogen (secondary N) is 1. The Morgan fingerprint density at radius 2 is 1.88 bits per heavy atom. The molecule has 0 aliphatic rings. The summed E-state index contributed by atoms with van der Waals surface area (Å²) < 4.78 is 1.61. The lowest BCUT2D eigenvalue weighted by molar-refractivity contribution is 0.0955. The topological polar surface area (TPSA) is 59.3 Å².